The van der Waals surface area contributed by atoms with Crippen molar-refractivity contribution in [3.05, 3.63) is 57.4 Å². The van der Waals surface area contributed by atoms with Crippen LogP contribution in [-0.2, 0) is 18.4 Å². The molecule has 28 heavy (non-hydrogen) atoms. The van der Waals surface area contributed by atoms with Gasteiger partial charge in [0.05, 0.1) is 0 Å². The first-order chi connectivity index (χ1) is 13.4. The third kappa shape index (κ3) is 3.71. The lowest BCUT2D eigenvalue weighted by Crippen LogP contribution is -2.44. The van der Waals surface area contributed by atoms with Crippen LogP contribution in [0.1, 0.15) is 19.8 Å². The molecule has 8 nitrogen and oxygen atoms in total. The number of carbonyl (C=O) groups is 1. The molecule has 2 heterocycles. The van der Waals surface area contributed by atoms with Gasteiger partial charge in [-0.1, -0.05) is 43.7 Å². The summed E-state index contributed by atoms with van der Waals surface area (Å²) in [5, 5.41) is 0.200. The topological polar surface area (TPSA) is 90.1 Å². The van der Waals surface area contributed by atoms with Crippen LogP contribution in [0, 0.1) is 0 Å². The Morgan fingerprint density at radius 2 is 1.89 bits per heavy atom. The second-order valence-electron chi connectivity index (χ2n) is 6.70. The predicted octanol–water partition coefficient (Wildman–Crippen LogP) is 1.42. The van der Waals surface area contributed by atoms with Crippen molar-refractivity contribution in [2.75, 3.05) is 13.6 Å². The van der Waals surface area contributed by atoms with Gasteiger partial charge in [-0.3, -0.25) is 18.7 Å². The Hall–Kier alpha value is -3.29. The molecule has 1 amide bonds. The molecule has 0 aliphatic heterocycles. The number of unbranched alkanes of at least 4 members (excludes halogenated alkanes) is 1. The van der Waals surface area contributed by atoms with Gasteiger partial charge in [0.1, 0.15) is 11.9 Å². The van der Waals surface area contributed by atoms with Crippen LogP contribution in [0.2, 0.25) is 0 Å². The molecule has 0 saturated carbocycles. The van der Waals surface area contributed by atoms with Gasteiger partial charge >= 0.3 is 5.69 Å². The maximum Gasteiger partial charge on any atom is 0.332 e. The van der Waals surface area contributed by atoms with Crippen LogP contribution in [0.25, 0.3) is 22.4 Å². The first-order valence-corrected chi connectivity index (χ1v) is 9.20. The minimum absolute atomic E-state index is 0.200. The molecule has 1 aromatic carbocycles. The molecule has 146 valence electrons. The number of rotatable bonds is 6. The van der Waals surface area contributed by atoms with Gasteiger partial charge in [-0.2, -0.15) is 0 Å². The van der Waals surface area contributed by atoms with Gasteiger partial charge in [-0.05, 0) is 6.42 Å². The van der Waals surface area contributed by atoms with Crippen LogP contribution in [0.5, 0.6) is 0 Å². The largest absolute Gasteiger partial charge is 0.344 e. The van der Waals surface area contributed by atoms with E-state index in [1.54, 1.807) is 7.05 Å². The Morgan fingerprint density at radius 1 is 1.18 bits per heavy atom. The van der Waals surface area contributed by atoms with Gasteiger partial charge in [0.25, 0.3) is 5.56 Å². The van der Waals surface area contributed by atoms with E-state index in [1.807, 2.05) is 37.3 Å². The first kappa shape index (κ1) is 19.5. The van der Waals surface area contributed by atoms with Crippen molar-refractivity contribution in [3.8, 4) is 11.4 Å². The van der Waals surface area contributed by atoms with Gasteiger partial charge < -0.3 is 4.90 Å². The predicted molar refractivity (Wildman–Crippen MR) is 107 cm³/mol. The summed E-state index contributed by atoms with van der Waals surface area (Å²) in [6, 6.07) is 9.31. The number of hydrogen-bond acceptors (Lipinski definition) is 5. The lowest BCUT2D eigenvalue weighted by Gasteiger charge is -2.17. The van der Waals surface area contributed by atoms with E-state index in [9.17, 15) is 14.4 Å². The minimum atomic E-state index is -0.576. The van der Waals surface area contributed by atoms with Crippen molar-refractivity contribution < 1.29 is 4.79 Å². The Labute approximate surface area is 162 Å². The second kappa shape index (κ2) is 8.16. The lowest BCUT2D eigenvalue weighted by molar-refractivity contribution is -0.130. The van der Waals surface area contributed by atoms with Crippen LogP contribution in [-0.4, -0.2) is 43.5 Å². The maximum atomic E-state index is 12.8. The monoisotopic (exact) mass is 381 g/mol. The van der Waals surface area contributed by atoms with E-state index >= 15 is 0 Å². The highest BCUT2D eigenvalue weighted by Crippen LogP contribution is 2.15. The average molecular weight is 381 g/mol. The van der Waals surface area contributed by atoms with Crippen LogP contribution in [0.4, 0.5) is 0 Å². The fourth-order valence-corrected chi connectivity index (χ4v) is 2.92. The Morgan fingerprint density at radius 3 is 2.57 bits per heavy atom. The molecule has 0 atom stereocenters. The molecule has 2 aromatic heterocycles. The lowest BCUT2D eigenvalue weighted by atomic mass is 10.2. The van der Waals surface area contributed by atoms with Crippen molar-refractivity contribution in [1.29, 1.82) is 0 Å². The molecule has 0 aliphatic rings. The highest BCUT2D eigenvalue weighted by molar-refractivity contribution is 5.78. The zero-order valence-corrected chi connectivity index (χ0v) is 16.3. The van der Waals surface area contributed by atoms with E-state index in [1.165, 1.54) is 22.7 Å². The number of likely N-dealkylation sites (N-methyl/N-ethyl adjacent to an activating group) is 1. The molecule has 0 unspecified atom stereocenters. The maximum absolute atomic E-state index is 12.8. The fourth-order valence-electron chi connectivity index (χ4n) is 2.92. The summed E-state index contributed by atoms with van der Waals surface area (Å²) >= 11 is 0. The van der Waals surface area contributed by atoms with E-state index in [0.717, 1.165) is 23.0 Å². The molecular formula is C20H23N5O3. The van der Waals surface area contributed by atoms with E-state index in [2.05, 4.69) is 9.97 Å². The van der Waals surface area contributed by atoms with E-state index in [4.69, 9.17) is 0 Å². The summed E-state index contributed by atoms with van der Waals surface area (Å²) in [5.74, 6) is 0.143. The highest BCUT2D eigenvalue weighted by atomic mass is 16.2. The van der Waals surface area contributed by atoms with Crippen LogP contribution in [0.15, 0.2) is 46.1 Å². The quantitative estimate of drug-likeness (QED) is 0.644. The van der Waals surface area contributed by atoms with Crippen molar-refractivity contribution in [2.45, 2.75) is 26.3 Å². The number of nitrogens with zero attached hydrogens (tertiary/aromatic N) is 5. The molecule has 0 N–H and O–H groups in total. The summed E-state index contributed by atoms with van der Waals surface area (Å²) < 4.78 is 2.23. The summed E-state index contributed by atoms with van der Waals surface area (Å²) in [7, 11) is 3.21. The first-order valence-electron chi connectivity index (χ1n) is 9.20. The van der Waals surface area contributed by atoms with Gasteiger partial charge in [-0.25, -0.2) is 14.8 Å². The second-order valence-corrected chi connectivity index (χ2v) is 6.70. The summed E-state index contributed by atoms with van der Waals surface area (Å²) in [6.07, 6.45) is 3.23. The van der Waals surface area contributed by atoms with Gasteiger partial charge in [-0.15, -0.1) is 0 Å². The number of carbonyl (C=O) groups excluding carboxylic acids is 1. The molecular weight excluding hydrogens is 358 g/mol. The number of fused-ring (bicyclic) bond motifs is 1. The molecule has 0 saturated heterocycles. The Kier molecular flexibility index (Phi) is 5.67. The third-order valence-corrected chi connectivity index (χ3v) is 4.68. The number of benzene rings is 1. The number of aryl methyl sites for hydroxylation is 1. The van der Waals surface area contributed by atoms with E-state index in [-0.39, 0.29) is 23.5 Å². The normalized spacial score (nSPS) is 11.0. The van der Waals surface area contributed by atoms with E-state index < -0.39 is 11.2 Å². The van der Waals surface area contributed by atoms with Crippen molar-refractivity contribution in [3.63, 3.8) is 0 Å². The molecule has 3 aromatic rings. The van der Waals surface area contributed by atoms with Crippen LogP contribution >= 0.6 is 0 Å². The van der Waals surface area contributed by atoms with Crippen molar-refractivity contribution in [1.82, 2.24) is 24.0 Å². The summed E-state index contributed by atoms with van der Waals surface area (Å²) in [4.78, 5) is 48.1. The van der Waals surface area contributed by atoms with Gasteiger partial charge in [0.15, 0.2) is 11.5 Å². The average Bonchev–Trinajstić information content (AvgIpc) is 2.73. The Balaban J connectivity index is 2.04. The number of aromatic nitrogens is 4. The molecule has 0 spiro atoms. The zero-order valence-electron chi connectivity index (χ0n) is 16.3. The summed E-state index contributed by atoms with van der Waals surface area (Å²) in [5.41, 5.74) is -0.108. The third-order valence-electron chi connectivity index (χ3n) is 4.68. The van der Waals surface area contributed by atoms with E-state index in [0.29, 0.717) is 12.4 Å². The van der Waals surface area contributed by atoms with Crippen LogP contribution < -0.4 is 11.2 Å². The Bertz CT molecular complexity index is 1120. The molecule has 0 aliphatic carbocycles. The standard InChI is InChI=1S/C20H23N5O3/c1-4-5-11-23(2)16(26)13-25-19(27)15-12-21-17(14-9-7-6-8-10-14)22-18(15)24(3)20(25)28/h6-10,12H,4-5,11,13H2,1-3H3. The number of amides is 1. The minimum Gasteiger partial charge on any atom is -0.344 e. The highest BCUT2D eigenvalue weighted by Gasteiger charge is 2.17. The zero-order chi connectivity index (χ0) is 20.3. The van der Waals surface area contributed by atoms with Crippen molar-refractivity contribution in [2.24, 2.45) is 7.05 Å². The number of hydrogen-bond donors (Lipinski definition) is 0. The molecule has 8 heteroatoms. The smallest absolute Gasteiger partial charge is 0.332 e. The molecule has 3 rings (SSSR count). The summed E-state index contributed by atoms with van der Waals surface area (Å²) in [6.45, 7) is 2.31. The van der Waals surface area contributed by atoms with Crippen LogP contribution in [0.3, 0.4) is 0 Å². The molecule has 0 fully saturated rings. The van der Waals surface area contributed by atoms with Gasteiger partial charge in [0, 0.05) is 32.4 Å². The van der Waals surface area contributed by atoms with Crippen molar-refractivity contribution >= 4 is 16.9 Å². The fraction of sp³-hybridized carbons (Fsp3) is 0.350. The molecule has 0 bridgehead atoms. The SMILES string of the molecule is CCCCN(C)C(=O)Cn1c(=O)c2cnc(-c3ccccc3)nc2n(C)c1=O. The van der Waals surface area contributed by atoms with Gasteiger partial charge in [0.2, 0.25) is 5.91 Å². The molecule has 0 radical (unpaired) electrons.